The van der Waals surface area contributed by atoms with Crippen LogP contribution in [0.25, 0.3) is 5.65 Å². The lowest BCUT2D eigenvalue weighted by atomic mass is 10.4. The number of imidazole rings is 1. The number of carbonyl (C=O) groups is 1. The van der Waals surface area contributed by atoms with Crippen LogP contribution in [0.2, 0.25) is 0 Å². The summed E-state index contributed by atoms with van der Waals surface area (Å²) in [5.41, 5.74) is 0.406. The van der Waals surface area contributed by atoms with Crippen LogP contribution in [0, 0.1) is 0 Å². The van der Waals surface area contributed by atoms with Gasteiger partial charge in [-0.25, -0.2) is 23.3 Å². The first-order valence-electron chi connectivity index (χ1n) is 5.33. The van der Waals surface area contributed by atoms with Gasteiger partial charge in [0.15, 0.2) is 11.5 Å². The quantitative estimate of drug-likeness (QED) is 0.693. The molecule has 8 nitrogen and oxygen atoms in total. The second-order valence-electron chi connectivity index (χ2n) is 3.84. The Hall–Kier alpha value is -2.13. The van der Waals surface area contributed by atoms with Gasteiger partial charge in [-0.1, -0.05) is 6.07 Å². The fourth-order valence-corrected chi connectivity index (χ4v) is 2.02. The first kappa shape index (κ1) is 13.3. The molecule has 0 bridgehead atoms. The molecule has 0 radical (unpaired) electrons. The highest BCUT2D eigenvalue weighted by molar-refractivity contribution is 7.89. The molecule has 0 aliphatic rings. The van der Waals surface area contributed by atoms with Gasteiger partial charge < -0.3 is 10.4 Å². The first-order chi connectivity index (χ1) is 8.88. The molecule has 2 rings (SSSR count). The predicted molar refractivity (Wildman–Crippen MR) is 68.6 cm³/mol. The molecular formula is C10H12N4O4S. The number of hydrogen-bond donors (Lipinski definition) is 3. The summed E-state index contributed by atoms with van der Waals surface area (Å²) in [4.78, 5) is 15.3. The van der Waals surface area contributed by atoms with Gasteiger partial charge in [0.25, 0.3) is 0 Å². The van der Waals surface area contributed by atoms with Gasteiger partial charge >= 0.3 is 5.97 Å². The summed E-state index contributed by atoms with van der Waals surface area (Å²) in [6.45, 7) is -0.0109. The van der Waals surface area contributed by atoms with Gasteiger partial charge in [-0.2, -0.15) is 0 Å². The smallest absolute Gasteiger partial charge is 0.356 e. The lowest BCUT2D eigenvalue weighted by Crippen LogP contribution is -2.23. The molecule has 0 spiro atoms. The maximum Gasteiger partial charge on any atom is 0.356 e. The van der Waals surface area contributed by atoms with Crippen molar-refractivity contribution < 1.29 is 18.3 Å². The summed E-state index contributed by atoms with van der Waals surface area (Å²) in [6.07, 6.45) is 1.57. The number of nitrogens with zero attached hydrogens (tertiary/aromatic N) is 2. The minimum absolute atomic E-state index is 0.0109. The van der Waals surface area contributed by atoms with E-state index in [1.807, 2.05) is 0 Å². The van der Waals surface area contributed by atoms with Crippen LogP contribution in [0.1, 0.15) is 10.5 Å². The summed E-state index contributed by atoms with van der Waals surface area (Å²) < 4.78 is 23.0. The molecule has 2 aromatic rings. The molecule has 0 atom stereocenters. The summed E-state index contributed by atoms with van der Waals surface area (Å²) in [6, 6.07) is 5.05. The lowest BCUT2D eigenvalue weighted by molar-refractivity contribution is 0.0690. The molecule has 2 aromatic heterocycles. The Morgan fingerprint density at radius 2 is 2.21 bits per heavy atom. The molecule has 0 saturated heterocycles. The molecule has 9 heteroatoms. The van der Waals surface area contributed by atoms with Crippen LogP contribution in [0.4, 0.5) is 5.82 Å². The largest absolute Gasteiger partial charge is 0.476 e. The molecule has 0 saturated carbocycles. The van der Waals surface area contributed by atoms with Crippen molar-refractivity contribution in [2.75, 3.05) is 17.6 Å². The third-order valence-corrected chi connectivity index (χ3v) is 3.18. The van der Waals surface area contributed by atoms with Gasteiger partial charge in [0, 0.05) is 12.7 Å². The second kappa shape index (κ2) is 4.86. The Morgan fingerprint density at radius 3 is 2.84 bits per heavy atom. The first-order valence-corrected chi connectivity index (χ1v) is 7.05. The fourth-order valence-electron chi connectivity index (χ4n) is 1.64. The third kappa shape index (κ3) is 3.01. The van der Waals surface area contributed by atoms with Crippen molar-refractivity contribution >= 4 is 27.5 Å². The van der Waals surface area contributed by atoms with Crippen molar-refractivity contribution in [1.82, 2.24) is 9.38 Å². The molecule has 0 aliphatic heterocycles. The number of aromatic nitrogens is 2. The van der Waals surface area contributed by atoms with Crippen LogP contribution in [-0.2, 0) is 10.0 Å². The highest BCUT2D eigenvalue weighted by Gasteiger charge is 2.18. The molecule has 0 aromatic carbocycles. The number of hydrogen-bond acceptors (Lipinski definition) is 5. The van der Waals surface area contributed by atoms with Crippen LogP contribution in [0.5, 0.6) is 0 Å². The van der Waals surface area contributed by atoms with E-state index < -0.39 is 16.0 Å². The molecule has 0 amide bonds. The van der Waals surface area contributed by atoms with Gasteiger partial charge in [0.2, 0.25) is 10.0 Å². The summed E-state index contributed by atoms with van der Waals surface area (Å²) >= 11 is 0. The third-order valence-electron chi connectivity index (χ3n) is 2.41. The second-order valence-corrected chi connectivity index (χ2v) is 5.57. The Bertz CT molecular complexity index is 722. The lowest BCUT2D eigenvalue weighted by Gasteiger charge is -2.03. The number of nitrogens with two attached hydrogens (primary N) is 1. The van der Waals surface area contributed by atoms with E-state index in [0.717, 1.165) is 0 Å². The summed E-state index contributed by atoms with van der Waals surface area (Å²) in [7, 11) is -3.60. The average Bonchev–Trinajstić information content (AvgIpc) is 2.65. The van der Waals surface area contributed by atoms with Crippen LogP contribution in [0.15, 0.2) is 24.4 Å². The minimum atomic E-state index is -3.60. The SMILES string of the molecule is NS(=O)(=O)CCNc1nc2ccccn2c1C(=O)O. The number of primary sulfonamides is 1. The van der Waals surface area contributed by atoms with Gasteiger partial charge in [-0.3, -0.25) is 4.40 Å². The van der Waals surface area contributed by atoms with Crippen LogP contribution < -0.4 is 10.5 Å². The number of aromatic carboxylic acids is 1. The number of rotatable bonds is 5. The van der Waals surface area contributed by atoms with E-state index in [9.17, 15) is 13.2 Å². The highest BCUT2D eigenvalue weighted by atomic mass is 32.2. The Morgan fingerprint density at radius 1 is 1.47 bits per heavy atom. The molecule has 2 heterocycles. The minimum Gasteiger partial charge on any atom is -0.476 e. The average molecular weight is 284 g/mol. The molecule has 0 fully saturated rings. The Kier molecular flexibility index (Phi) is 3.40. The number of sulfonamides is 1. The van der Waals surface area contributed by atoms with Crippen molar-refractivity contribution in [3.8, 4) is 0 Å². The molecule has 102 valence electrons. The van der Waals surface area contributed by atoms with E-state index >= 15 is 0 Å². The number of fused-ring (bicyclic) bond motifs is 1. The maximum absolute atomic E-state index is 11.2. The van der Waals surface area contributed by atoms with Crippen molar-refractivity contribution in [3.05, 3.63) is 30.1 Å². The zero-order valence-electron chi connectivity index (χ0n) is 9.78. The van der Waals surface area contributed by atoms with E-state index in [-0.39, 0.29) is 23.8 Å². The predicted octanol–water partition coefficient (Wildman–Crippen LogP) is -0.267. The van der Waals surface area contributed by atoms with E-state index in [0.29, 0.717) is 5.65 Å². The van der Waals surface area contributed by atoms with E-state index in [4.69, 9.17) is 10.2 Å². The van der Waals surface area contributed by atoms with Gasteiger partial charge in [0.05, 0.1) is 5.75 Å². The van der Waals surface area contributed by atoms with Crippen LogP contribution in [0.3, 0.4) is 0 Å². The summed E-state index contributed by atoms with van der Waals surface area (Å²) in [5.74, 6) is -1.35. The van der Waals surface area contributed by atoms with E-state index in [2.05, 4.69) is 10.3 Å². The van der Waals surface area contributed by atoms with Crippen molar-refractivity contribution in [1.29, 1.82) is 0 Å². The van der Waals surface area contributed by atoms with E-state index in [1.165, 1.54) is 4.40 Å². The van der Waals surface area contributed by atoms with Gasteiger partial charge in [0.1, 0.15) is 5.65 Å². The number of anilines is 1. The van der Waals surface area contributed by atoms with Gasteiger partial charge in [-0.15, -0.1) is 0 Å². The van der Waals surface area contributed by atoms with Crippen LogP contribution >= 0.6 is 0 Å². The Balaban J connectivity index is 2.32. The zero-order chi connectivity index (χ0) is 14.0. The normalized spacial score (nSPS) is 11.6. The number of carboxylic acid groups (broad SMARTS) is 1. The molecule has 0 unspecified atom stereocenters. The maximum atomic E-state index is 11.2. The fraction of sp³-hybridized carbons (Fsp3) is 0.200. The van der Waals surface area contributed by atoms with E-state index in [1.54, 1.807) is 24.4 Å². The molecular weight excluding hydrogens is 272 g/mol. The standard InChI is InChI=1S/C10H12N4O4S/c11-19(17,18)6-4-12-9-8(10(15)16)14-5-2-1-3-7(14)13-9/h1-3,5,12H,4,6H2,(H,15,16)(H2,11,17,18). The molecule has 4 N–H and O–H groups in total. The topological polar surface area (TPSA) is 127 Å². The van der Waals surface area contributed by atoms with Crippen molar-refractivity contribution in [2.24, 2.45) is 5.14 Å². The molecule has 19 heavy (non-hydrogen) atoms. The van der Waals surface area contributed by atoms with Crippen molar-refractivity contribution in [2.45, 2.75) is 0 Å². The molecule has 0 aliphatic carbocycles. The summed E-state index contributed by atoms with van der Waals surface area (Å²) in [5, 5.41) is 16.7. The number of pyridine rings is 1. The Labute approximate surface area is 108 Å². The van der Waals surface area contributed by atoms with Crippen LogP contribution in [-0.4, -0.2) is 41.2 Å². The monoisotopic (exact) mass is 284 g/mol. The number of nitrogens with one attached hydrogen (secondary N) is 1. The zero-order valence-corrected chi connectivity index (χ0v) is 10.6. The van der Waals surface area contributed by atoms with Gasteiger partial charge in [-0.05, 0) is 12.1 Å². The van der Waals surface area contributed by atoms with Crippen molar-refractivity contribution in [3.63, 3.8) is 0 Å². The highest BCUT2D eigenvalue weighted by Crippen LogP contribution is 2.17. The number of carboxylic acids is 1.